The van der Waals surface area contributed by atoms with Crippen LogP contribution in [0.2, 0.25) is 0 Å². The van der Waals surface area contributed by atoms with Crippen LogP contribution in [0.1, 0.15) is 25.3 Å². The predicted molar refractivity (Wildman–Crippen MR) is 91.0 cm³/mol. The first-order chi connectivity index (χ1) is 11.9. The van der Waals surface area contributed by atoms with Crippen LogP contribution in [0.5, 0.6) is 11.5 Å². The molecule has 25 heavy (non-hydrogen) atoms. The van der Waals surface area contributed by atoms with Crippen LogP contribution in [-0.2, 0) is 20.7 Å². The lowest BCUT2D eigenvalue weighted by atomic mass is 10.1. The summed E-state index contributed by atoms with van der Waals surface area (Å²) in [7, 11) is 3.20. The molecular weight excluding hydrogens is 326 g/mol. The summed E-state index contributed by atoms with van der Waals surface area (Å²) in [6.07, 6.45) is 0.482. The zero-order valence-corrected chi connectivity index (χ0v) is 14.9. The molecule has 1 fully saturated rings. The molecule has 1 heterocycles. The van der Waals surface area contributed by atoms with Gasteiger partial charge in [0.05, 0.1) is 26.9 Å². The summed E-state index contributed by atoms with van der Waals surface area (Å²) >= 11 is 0. The number of aryl methyl sites for hydroxylation is 1. The lowest BCUT2D eigenvalue weighted by Crippen LogP contribution is -2.51. The Morgan fingerprint density at radius 3 is 2.68 bits per heavy atom. The summed E-state index contributed by atoms with van der Waals surface area (Å²) in [5, 5.41) is 9.09. The number of carboxylic acid groups (broad SMARTS) is 1. The van der Waals surface area contributed by atoms with Gasteiger partial charge in [-0.15, -0.1) is 0 Å². The van der Waals surface area contributed by atoms with E-state index >= 15 is 0 Å². The van der Waals surface area contributed by atoms with Crippen molar-refractivity contribution in [3.8, 4) is 11.5 Å². The van der Waals surface area contributed by atoms with E-state index in [2.05, 4.69) is 0 Å². The number of aliphatic carboxylic acids is 1. The van der Waals surface area contributed by atoms with Gasteiger partial charge in [0.25, 0.3) is 0 Å². The quantitative estimate of drug-likeness (QED) is 0.805. The monoisotopic (exact) mass is 351 g/mol. The van der Waals surface area contributed by atoms with Gasteiger partial charge in [0, 0.05) is 19.0 Å². The highest BCUT2D eigenvalue weighted by Crippen LogP contribution is 2.26. The summed E-state index contributed by atoms with van der Waals surface area (Å²) in [6, 6.07) is 5.61. The third-order valence-electron chi connectivity index (χ3n) is 4.22. The predicted octanol–water partition coefficient (Wildman–Crippen LogP) is 1.73. The number of amides is 1. The van der Waals surface area contributed by atoms with Crippen molar-refractivity contribution < 1.29 is 28.9 Å². The lowest BCUT2D eigenvalue weighted by Gasteiger charge is -2.35. The minimum atomic E-state index is -1.03. The maximum atomic E-state index is 12.4. The fraction of sp³-hybridized carbons (Fsp3) is 0.556. The smallest absolute Gasteiger partial charge is 0.334 e. The number of benzene rings is 1. The van der Waals surface area contributed by atoms with Crippen molar-refractivity contribution in [3.05, 3.63) is 23.8 Å². The number of morpholine rings is 1. The van der Waals surface area contributed by atoms with Crippen LogP contribution in [0.15, 0.2) is 18.2 Å². The lowest BCUT2D eigenvalue weighted by molar-refractivity contribution is -0.166. The van der Waals surface area contributed by atoms with E-state index in [-0.39, 0.29) is 18.6 Å². The largest absolute Gasteiger partial charge is 0.497 e. The summed E-state index contributed by atoms with van der Waals surface area (Å²) in [5.74, 6) is 0.373. The van der Waals surface area contributed by atoms with Gasteiger partial charge in [-0.1, -0.05) is 6.07 Å². The molecule has 1 aliphatic heterocycles. The number of nitrogens with zero attached hydrogens (tertiary/aromatic N) is 1. The summed E-state index contributed by atoms with van der Waals surface area (Å²) in [5.41, 5.74) is 1.01. The maximum absolute atomic E-state index is 12.4. The number of hydrogen-bond donors (Lipinski definition) is 1. The average Bonchev–Trinajstić information content (AvgIpc) is 2.61. The molecule has 2 atom stereocenters. The summed E-state index contributed by atoms with van der Waals surface area (Å²) < 4.78 is 15.9. The van der Waals surface area contributed by atoms with Gasteiger partial charge in [-0.05, 0) is 31.4 Å². The molecule has 1 N–H and O–H groups in total. The third-order valence-corrected chi connectivity index (χ3v) is 4.22. The van der Waals surface area contributed by atoms with Crippen molar-refractivity contribution in [1.82, 2.24) is 4.90 Å². The molecule has 0 bridgehead atoms. The van der Waals surface area contributed by atoms with E-state index in [1.54, 1.807) is 26.0 Å². The SMILES string of the molecule is COc1ccc(CCCC(=O)N2CC(C(=O)O)O[C@H](C)C2)c(OC)c1. The minimum absolute atomic E-state index is 0.0473. The first-order valence-corrected chi connectivity index (χ1v) is 8.31. The fourth-order valence-electron chi connectivity index (χ4n) is 2.94. The molecule has 7 nitrogen and oxygen atoms in total. The molecule has 1 unspecified atom stereocenters. The minimum Gasteiger partial charge on any atom is -0.497 e. The molecule has 138 valence electrons. The molecule has 1 saturated heterocycles. The molecule has 7 heteroatoms. The van der Waals surface area contributed by atoms with Gasteiger partial charge in [-0.2, -0.15) is 0 Å². The fourth-order valence-corrected chi connectivity index (χ4v) is 2.94. The molecule has 0 radical (unpaired) electrons. The normalized spacial score (nSPS) is 20.2. The second-order valence-corrected chi connectivity index (χ2v) is 6.10. The molecule has 0 saturated carbocycles. The van der Waals surface area contributed by atoms with E-state index in [0.717, 1.165) is 17.1 Å². The Labute approximate surface area is 147 Å². The van der Waals surface area contributed by atoms with E-state index in [1.807, 2.05) is 18.2 Å². The first-order valence-electron chi connectivity index (χ1n) is 8.31. The van der Waals surface area contributed by atoms with Gasteiger partial charge >= 0.3 is 5.97 Å². The van der Waals surface area contributed by atoms with Crippen molar-refractivity contribution in [2.75, 3.05) is 27.3 Å². The van der Waals surface area contributed by atoms with Gasteiger partial charge in [0.15, 0.2) is 6.10 Å². The van der Waals surface area contributed by atoms with Gasteiger partial charge in [-0.25, -0.2) is 4.79 Å². The number of carbonyl (C=O) groups excluding carboxylic acids is 1. The Balaban J connectivity index is 1.89. The molecule has 0 aromatic heterocycles. The standard InChI is InChI=1S/C18H25NO6/c1-12-10-19(11-16(25-12)18(21)22)17(20)6-4-5-13-7-8-14(23-2)9-15(13)24-3/h7-9,12,16H,4-6,10-11H2,1-3H3,(H,21,22)/t12-,16?/m1/s1. The molecule has 1 aromatic rings. The Hall–Kier alpha value is -2.28. The highest BCUT2D eigenvalue weighted by Gasteiger charge is 2.32. The molecule has 0 aliphatic carbocycles. The van der Waals surface area contributed by atoms with Crippen LogP contribution < -0.4 is 9.47 Å². The molecule has 1 aromatic carbocycles. The molecule has 1 aliphatic rings. The van der Waals surface area contributed by atoms with E-state index in [1.165, 1.54) is 0 Å². The van der Waals surface area contributed by atoms with Crippen LogP contribution >= 0.6 is 0 Å². The van der Waals surface area contributed by atoms with Crippen LogP contribution in [0.4, 0.5) is 0 Å². The summed E-state index contributed by atoms with van der Waals surface area (Å²) in [6.45, 7) is 2.30. The third kappa shape index (κ3) is 5.09. The molecule has 1 amide bonds. The van der Waals surface area contributed by atoms with Gasteiger partial charge in [0.1, 0.15) is 11.5 Å². The number of hydrogen-bond acceptors (Lipinski definition) is 5. The number of methoxy groups -OCH3 is 2. The van der Waals surface area contributed by atoms with Crippen LogP contribution in [-0.4, -0.2) is 61.4 Å². The van der Waals surface area contributed by atoms with Gasteiger partial charge < -0.3 is 24.2 Å². The Bertz CT molecular complexity index is 618. The van der Waals surface area contributed by atoms with E-state index in [4.69, 9.17) is 19.3 Å². The Morgan fingerprint density at radius 1 is 1.28 bits per heavy atom. The molecule has 2 rings (SSSR count). The summed E-state index contributed by atoms with van der Waals surface area (Å²) in [4.78, 5) is 25.1. The van der Waals surface area contributed by atoms with Crippen molar-refractivity contribution >= 4 is 11.9 Å². The average molecular weight is 351 g/mol. The van der Waals surface area contributed by atoms with Crippen molar-refractivity contribution in [2.24, 2.45) is 0 Å². The second-order valence-electron chi connectivity index (χ2n) is 6.10. The second kappa shape index (κ2) is 8.71. The van der Waals surface area contributed by atoms with Crippen LogP contribution in [0.25, 0.3) is 0 Å². The highest BCUT2D eigenvalue weighted by atomic mass is 16.5. The molecular formula is C18H25NO6. The zero-order chi connectivity index (χ0) is 18.4. The van der Waals surface area contributed by atoms with Crippen molar-refractivity contribution in [3.63, 3.8) is 0 Å². The topological polar surface area (TPSA) is 85.3 Å². The van der Waals surface area contributed by atoms with E-state index in [0.29, 0.717) is 25.8 Å². The van der Waals surface area contributed by atoms with Crippen LogP contribution in [0, 0.1) is 0 Å². The van der Waals surface area contributed by atoms with Crippen molar-refractivity contribution in [1.29, 1.82) is 0 Å². The Morgan fingerprint density at radius 2 is 2.04 bits per heavy atom. The number of ether oxygens (including phenoxy) is 3. The molecule has 0 spiro atoms. The van der Waals surface area contributed by atoms with Crippen LogP contribution in [0.3, 0.4) is 0 Å². The van der Waals surface area contributed by atoms with E-state index < -0.39 is 12.1 Å². The number of rotatable bonds is 7. The highest BCUT2D eigenvalue weighted by molar-refractivity contribution is 5.78. The first kappa shape index (κ1) is 19.1. The van der Waals surface area contributed by atoms with Gasteiger partial charge in [-0.3, -0.25) is 4.79 Å². The van der Waals surface area contributed by atoms with E-state index in [9.17, 15) is 9.59 Å². The maximum Gasteiger partial charge on any atom is 0.334 e. The number of carboxylic acids is 1. The Kier molecular flexibility index (Phi) is 6.64. The zero-order valence-electron chi connectivity index (χ0n) is 14.9. The van der Waals surface area contributed by atoms with Crippen molar-refractivity contribution in [2.45, 2.75) is 38.4 Å². The number of carbonyl (C=O) groups is 2. The van der Waals surface area contributed by atoms with Gasteiger partial charge in [0.2, 0.25) is 5.91 Å².